The summed E-state index contributed by atoms with van der Waals surface area (Å²) in [5, 5.41) is 11.9. The molecule has 2 rings (SSSR count). The monoisotopic (exact) mass is 239 g/mol. The molecule has 0 aliphatic carbocycles. The quantitative estimate of drug-likeness (QED) is 0.836. The molecular formula is C12H14FNO3. The molecular weight excluding hydrogens is 225 g/mol. The maximum Gasteiger partial charge on any atom is 0.321 e. The molecule has 0 aromatic heterocycles. The van der Waals surface area contributed by atoms with Gasteiger partial charge in [-0.05, 0) is 30.7 Å². The molecule has 0 amide bonds. The molecule has 0 saturated carbocycles. The van der Waals surface area contributed by atoms with Crippen LogP contribution in [0, 0.1) is 5.82 Å². The van der Waals surface area contributed by atoms with Crippen LogP contribution in [0.25, 0.3) is 0 Å². The standard InChI is InChI=1S/C12H14FNO3/c1-17-10-3-2-7(6-9(10)13)8-4-5-14-11(8)12(15)16/h2-3,6,8,11,14H,4-5H2,1H3,(H,15,16). The van der Waals surface area contributed by atoms with Crippen LogP contribution in [0.15, 0.2) is 18.2 Å². The molecule has 92 valence electrons. The molecule has 0 radical (unpaired) electrons. The second-order valence-corrected chi connectivity index (χ2v) is 4.06. The van der Waals surface area contributed by atoms with Crippen LogP contribution in [-0.4, -0.2) is 30.8 Å². The van der Waals surface area contributed by atoms with Gasteiger partial charge in [-0.25, -0.2) is 4.39 Å². The van der Waals surface area contributed by atoms with Crippen molar-refractivity contribution in [3.63, 3.8) is 0 Å². The van der Waals surface area contributed by atoms with Gasteiger partial charge in [-0.2, -0.15) is 0 Å². The summed E-state index contributed by atoms with van der Waals surface area (Å²) in [7, 11) is 1.40. The first-order chi connectivity index (χ1) is 8.13. The Hall–Kier alpha value is -1.62. The highest BCUT2D eigenvalue weighted by Gasteiger charge is 2.33. The molecule has 2 N–H and O–H groups in total. The van der Waals surface area contributed by atoms with Crippen LogP contribution < -0.4 is 10.1 Å². The van der Waals surface area contributed by atoms with E-state index in [0.29, 0.717) is 18.5 Å². The molecule has 4 nitrogen and oxygen atoms in total. The number of hydrogen-bond donors (Lipinski definition) is 2. The van der Waals surface area contributed by atoms with E-state index in [9.17, 15) is 9.18 Å². The van der Waals surface area contributed by atoms with Crippen molar-refractivity contribution in [2.24, 2.45) is 0 Å². The number of ether oxygens (including phenoxy) is 1. The Balaban J connectivity index is 2.27. The molecule has 1 fully saturated rings. The van der Waals surface area contributed by atoms with Crippen molar-refractivity contribution in [3.8, 4) is 5.75 Å². The van der Waals surface area contributed by atoms with Gasteiger partial charge in [-0.3, -0.25) is 4.79 Å². The van der Waals surface area contributed by atoms with Gasteiger partial charge in [0, 0.05) is 5.92 Å². The van der Waals surface area contributed by atoms with Gasteiger partial charge in [0.05, 0.1) is 7.11 Å². The van der Waals surface area contributed by atoms with Gasteiger partial charge in [-0.15, -0.1) is 0 Å². The maximum atomic E-state index is 13.5. The fraction of sp³-hybridized carbons (Fsp3) is 0.417. The van der Waals surface area contributed by atoms with Gasteiger partial charge < -0.3 is 15.2 Å². The predicted octanol–water partition coefficient (Wildman–Crippen LogP) is 1.36. The number of halogens is 1. The number of benzene rings is 1. The molecule has 1 heterocycles. The number of carbonyl (C=O) groups is 1. The van der Waals surface area contributed by atoms with E-state index in [2.05, 4.69) is 5.32 Å². The van der Waals surface area contributed by atoms with Crippen molar-refractivity contribution in [1.82, 2.24) is 5.32 Å². The Kier molecular flexibility index (Phi) is 3.28. The summed E-state index contributed by atoms with van der Waals surface area (Å²) in [4.78, 5) is 11.0. The Labute approximate surface area is 98.4 Å². The lowest BCUT2D eigenvalue weighted by Gasteiger charge is -2.16. The third-order valence-electron chi connectivity index (χ3n) is 3.09. The summed E-state index contributed by atoms with van der Waals surface area (Å²) in [5.74, 6) is -1.37. The Morgan fingerprint density at radius 2 is 2.35 bits per heavy atom. The number of methoxy groups -OCH3 is 1. The van der Waals surface area contributed by atoms with Crippen LogP contribution in [0.3, 0.4) is 0 Å². The normalized spacial score (nSPS) is 23.6. The predicted molar refractivity (Wildman–Crippen MR) is 59.7 cm³/mol. The second kappa shape index (κ2) is 4.71. The summed E-state index contributed by atoms with van der Waals surface area (Å²) in [5.41, 5.74) is 0.695. The fourth-order valence-electron chi connectivity index (χ4n) is 2.24. The molecule has 0 bridgehead atoms. The molecule has 5 heteroatoms. The van der Waals surface area contributed by atoms with Crippen molar-refractivity contribution in [2.45, 2.75) is 18.4 Å². The summed E-state index contributed by atoms with van der Waals surface area (Å²) in [6.07, 6.45) is 0.697. The molecule has 2 unspecified atom stereocenters. The minimum Gasteiger partial charge on any atom is -0.494 e. The number of aliphatic carboxylic acids is 1. The summed E-state index contributed by atoms with van der Waals surface area (Å²) >= 11 is 0. The van der Waals surface area contributed by atoms with Gasteiger partial charge in [-0.1, -0.05) is 6.07 Å². The minimum absolute atomic E-state index is 0.173. The molecule has 0 spiro atoms. The maximum absolute atomic E-state index is 13.5. The highest BCUT2D eigenvalue weighted by atomic mass is 19.1. The van der Waals surface area contributed by atoms with Gasteiger partial charge in [0.2, 0.25) is 0 Å². The van der Waals surface area contributed by atoms with Gasteiger partial charge in [0.15, 0.2) is 11.6 Å². The summed E-state index contributed by atoms with van der Waals surface area (Å²) < 4.78 is 18.4. The largest absolute Gasteiger partial charge is 0.494 e. The van der Waals surface area contributed by atoms with Crippen molar-refractivity contribution in [1.29, 1.82) is 0 Å². The van der Waals surface area contributed by atoms with E-state index < -0.39 is 17.8 Å². The lowest BCUT2D eigenvalue weighted by molar-refractivity contribution is -0.139. The SMILES string of the molecule is COc1ccc(C2CCNC2C(=O)O)cc1F. The number of carboxylic acid groups (broad SMARTS) is 1. The van der Waals surface area contributed by atoms with E-state index in [1.807, 2.05) is 0 Å². The fourth-order valence-corrected chi connectivity index (χ4v) is 2.24. The first-order valence-corrected chi connectivity index (χ1v) is 5.43. The Morgan fingerprint density at radius 1 is 1.59 bits per heavy atom. The van der Waals surface area contributed by atoms with Crippen LogP contribution in [0.2, 0.25) is 0 Å². The number of nitrogens with one attached hydrogen (secondary N) is 1. The average Bonchev–Trinajstić information content (AvgIpc) is 2.77. The average molecular weight is 239 g/mol. The smallest absolute Gasteiger partial charge is 0.321 e. The lowest BCUT2D eigenvalue weighted by Crippen LogP contribution is -2.34. The summed E-state index contributed by atoms with van der Waals surface area (Å²) in [6, 6.07) is 3.96. The van der Waals surface area contributed by atoms with Crippen LogP contribution in [0.1, 0.15) is 17.9 Å². The second-order valence-electron chi connectivity index (χ2n) is 4.06. The van der Waals surface area contributed by atoms with Crippen LogP contribution in [-0.2, 0) is 4.79 Å². The third kappa shape index (κ3) is 2.24. The molecule has 1 saturated heterocycles. The van der Waals surface area contributed by atoms with E-state index in [0.717, 1.165) is 0 Å². The number of rotatable bonds is 3. The molecule has 1 aliphatic heterocycles. The highest BCUT2D eigenvalue weighted by molar-refractivity contribution is 5.75. The summed E-state index contributed by atoms with van der Waals surface area (Å²) in [6.45, 7) is 0.634. The Bertz CT molecular complexity index is 436. The molecule has 17 heavy (non-hydrogen) atoms. The molecule has 1 aromatic rings. The van der Waals surface area contributed by atoms with E-state index in [-0.39, 0.29) is 11.7 Å². The van der Waals surface area contributed by atoms with Crippen molar-refractivity contribution < 1.29 is 19.0 Å². The van der Waals surface area contributed by atoms with Crippen molar-refractivity contribution in [2.75, 3.05) is 13.7 Å². The van der Waals surface area contributed by atoms with Crippen molar-refractivity contribution in [3.05, 3.63) is 29.6 Å². The molecule has 1 aliphatic rings. The molecule has 1 aromatic carbocycles. The Morgan fingerprint density at radius 3 is 2.94 bits per heavy atom. The zero-order valence-electron chi connectivity index (χ0n) is 9.44. The zero-order chi connectivity index (χ0) is 12.4. The van der Waals surface area contributed by atoms with Crippen LogP contribution >= 0.6 is 0 Å². The third-order valence-corrected chi connectivity index (χ3v) is 3.09. The topological polar surface area (TPSA) is 58.6 Å². The van der Waals surface area contributed by atoms with E-state index in [1.54, 1.807) is 6.07 Å². The van der Waals surface area contributed by atoms with Gasteiger partial charge >= 0.3 is 5.97 Å². The number of hydrogen-bond acceptors (Lipinski definition) is 3. The van der Waals surface area contributed by atoms with Gasteiger partial charge in [0.1, 0.15) is 6.04 Å². The van der Waals surface area contributed by atoms with E-state index in [1.165, 1.54) is 19.2 Å². The van der Waals surface area contributed by atoms with E-state index >= 15 is 0 Å². The molecule has 2 atom stereocenters. The van der Waals surface area contributed by atoms with E-state index in [4.69, 9.17) is 9.84 Å². The number of carboxylic acids is 1. The zero-order valence-corrected chi connectivity index (χ0v) is 9.44. The van der Waals surface area contributed by atoms with Crippen molar-refractivity contribution >= 4 is 5.97 Å². The van der Waals surface area contributed by atoms with Crippen LogP contribution in [0.4, 0.5) is 4.39 Å². The highest BCUT2D eigenvalue weighted by Crippen LogP contribution is 2.30. The lowest BCUT2D eigenvalue weighted by atomic mass is 9.92. The first-order valence-electron chi connectivity index (χ1n) is 5.43. The van der Waals surface area contributed by atoms with Gasteiger partial charge in [0.25, 0.3) is 0 Å². The van der Waals surface area contributed by atoms with Crippen LogP contribution in [0.5, 0.6) is 5.75 Å². The first kappa shape index (κ1) is 11.9. The minimum atomic E-state index is -0.899.